The molecule has 0 aromatic heterocycles. The SMILES string of the molecule is O=C(CCN1C(=O)[C@H]2[C@@H]3C[C@@H]([C@@H](Br)[C@H]3Br)[C@@H]2C1=O)OCC(=O)c1ccc(-c2ccccc2)cc1. The van der Waals surface area contributed by atoms with E-state index in [-0.39, 0.29) is 70.5 Å². The summed E-state index contributed by atoms with van der Waals surface area (Å²) in [7, 11) is 0. The first-order valence-corrected chi connectivity index (χ1v) is 13.2. The third-order valence-corrected chi connectivity index (χ3v) is 10.5. The predicted octanol–water partition coefficient (Wildman–Crippen LogP) is 4.25. The molecular formula is C26H23Br2NO5. The van der Waals surface area contributed by atoms with E-state index < -0.39 is 5.97 Å². The molecule has 6 nitrogen and oxygen atoms in total. The predicted molar refractivity (Wildman–Crippen MR) is 133 cm³/mol. The number of rotatable bonds is 7. The van der Waals surface area contributed by atoms with Gasteiger partial charge in [-0.05, 0) is 29.4 Å². The van der Waals surface area contributed by atoms with Crippen LogP contribution in [0.5, 0.6) is 0 Å². The van der Waals surface area contributed by atoms with Crippen molar-refractivity contribution in [1.82, 2.24) is 4.90 Å². The van der Waals surface area contributed by atoms with Crippen molar-refractivity contribution >= 4 is 55.4 Å². The molecule has 34 heavy (non-hydrogen) atoms. The molecule has 2 aromatic rings. The van der Waals surface area contributed by atoms with Crippen molar-refractivity contribution in [3.05, 3.63) is 60.2 Å². The molecule has 176 valence electrons. The first kappa shape index (κ1) is 23.4. The Morgan fingerprint density at radius 2 is 1.41 bits per heavy atom. The molecule has 2 aliphatic carbocycles. The fourth-order valence-corrected chi connectivity index (χ4v) is 7.49. The number of carbonyl (C=O) groups is 4. The zero-order valence-electron chi connectivity index (χ0n) is 18.2. The molecule has 0 radical (unpaired) electrons. The summed E-state index contributed by atoms with van der Waals surface area (Å²) in [5.74, 6) is -1.61. The van der Waals surface area contributed by atoms with Crippen molar-refractivity contribution in [2.24, 2.45) is 23.7 Å². The van der Waals surface area contributed by atoms with Gasteiger partial charge >= 0.3 is 5.97 Å². The Balaban J connectivity index is 1.12. The van der Waals surface area contributed by atoms with Crippen molar-refractivity contribution in [2.45, 2.75) is 22.5 Å². The number of likely N-dealkylation sites (tertiary alicyclic amines) is 1. The zero-order valence-corrected chi connectivity index (χ0v) is 21.4. The van der Waals surface area contributed by atoms with Gasteiger partial charge in [-0.1, -0.05) is 86.5 Å². The molecule has 1 aliphatic heterocycles. The summed E-state index contributed by atoms with van der Waals surface area (Å²) in [6, 6.07) is 16.9. The number of amides is 2. The number of hydrogen-bond acceptors (Lipinski definition) is 5. The standard InChI is InChI=1S/C26H23Br2NO5/c27-23-17-12-18(24(23)28)22-21(17)25(32)29(26(22)33)11-10-20(31)34-13-19(30)16-8-6-15(7-9-16)14-4-2-1-3-5-14/h1-9,17-18,21-24H,10-13H2/t17-,18+,21-,22-,23-,24+/m0/s1. The second-order valence-electron chi connectivity index (χ2n) is 9.11. The van der Waals surface area contributed by atoms with E-state index in [1.165, 1.54) is 4.90 Å². The van der Waals surface area contributed by atoms with E-state index in [4.69, 9.17) is 4.74 Å². The number of alkyl halides is 2. The van der Waals surface area contributed by atoms with Crippen molar-refractivity contribution < 1.29 is 23.9 Å². The first-order chi connectivity index (χ1) is 16.4. The third-order valence-electron chi connectivity index (χ3n) is 7.30. The molecule has 0 unspecified atom stereocenters. The minimum atomic E-state index is -0.605. The third kappa shape index (κ3) is 4.05. The number of carbonyl (C=O) groups excluding carboxylic acids is 4. The number of imide groups is 1. The van der Waals surface area contributed by atoms with Crippen LogP contribution in [0.15, 0.2) is 54.6 Å². The Bertz CT molecular complexity index is 1100. The first-order valence-electron chi connectivity index (χ1n) is 11.3. The van der Waals surface area contributed by atoms with Gasteiger partial charge in [-0.15, -0.1) is 0 Å². The Kier molecular flexibility index (Phi) is 6.46. The van der Waals surface area contributed by atoms with Crippen LogP contribution in [0.1, 0.15) is 23.2 Å². The minimum Gasteiger partial charge on any atom is -0.457 e. The summed E-state index contributed by atoms with van der Waals surface area (Å²) in [5.41, 5.74) is 2.49. The van der Waals surface area contributed by atoms with Crippen LogP contribution in [-0.2, 0) is 19.1 Å². The summed E-state index contributed by atoms with van der Waals surface area (Å²) in [6.07, 6.45) is 0.741. The fourth-order valence-electron chi connectivity index (χ4n) is 5.61. The van der Waals surface area contributed by atoms with Gasteiger partial charge in [0.25, 0.3) is 0 Å². The second kappa shape index (κ2) is 9.38. The van der Waals surface area contributed by atoms with E-state index in [1.54, 1.807) is 12.1 Å². The van der Waals surface area contributed by atoms with Gasteiger partial charge in [-0.2, -0.15) is 0 Å². The monoisotopic (exact) mass is 587 g/mol. The molecule has 1 heterocycles. The summed E-state index contributed by atoms with van der Waals surface area (Å²) in [6.45, 7) is -0.389. The second-order valence-corrected chi connectivity index (χ2v) is 11.2. The number of nitrogens with zero attached hydrogens (tertiary/aromatic N) is 1. The van der Waals surface area contributed by atoms with E-state index >= 15 is 0 Å². The number of hydrogen-bond donors (Lipinski definition) is 0. The maximum absolute atomic E-state index is 12.9. The average molecular weight is 589 g/mol. The smallest absolute Gasteiger partial charge is 0.308 e. The van der Waals surface area contributed by atoms with E-state index in [2.05, 4.69) is 31.9 Å². The maximum atomic E-state index is 12.9. The van der Waals surface area contributed by atoms with E-state index in [0.717, 1.165) is 17.5 Å². The lowest BCUT2D eigenvalue weighted by Gasteiger charge is -2.28. The van der Waals surface area contributed by atoms with Gasteiger partial charge in [0, 0.05) is 21.8 Å². The van der Waals surface area contributed by atoms with Gasteiger partial charge in [-0.3, -0.25) is 24.1 Å². The molecule has 8 heteroatoms. The minimum absolute atomic E-state index is 0.0111. The number of esters is 1. The summed E-state index contributed by atoms with van der Waals surface area (Å²) in [4.78, 5) is 52.0. The highest BCUT2D eigenvalue weighted by molar-refractivity contribution is 9.12. The molecule has 2 saturated carbocycles. The largest absolute Gasteiger partial charge is 0.457 e. The molecule has 2 amide bonds. The number of benzene rings is 2. The molecule has 2 bridgehead atoms. The van der Waals surface area contributed by atoms with Crippen molar-refractivity contribution in [1.29, 1.82) is 0 Å². The lowest BCUT2D eigenvalue weighted by atomic mass is 9.81. The molecule has 0 N–H and O–H groups in total. The average Bonchev–Trinajstić information content (AvgIpc) is 3.47. The molecule has 5 rings (SSSR count). The number of fused-ring (bicyclic) bond motifs is 5. The van der Waals surface area contributed by atoms with Crippen LogP contribution in [0.2, 0.25) is 0 Å². The van der Waals surface area contributed by atoms with Crippen molar-refractivity contribution in [3.63, 3.8) is 0 Å². The summed E-state index contributed by atoms with van der Waals surface area (Å²) in [5, 5.41) is 0. The van der Waals surface area contributed by atoms with Gasteiger partial charge in [0.15, 0.2) is 12.4 Å². The Morgan fingerprint density at radius 1 is 0.853 bits per heavy atom. The maximum Gasteiger partial charge on any atom is 0.308 e. The number of ketones is 1. The fraction of sp³-hybridized carbons (Fsp3) is 0.385. The van der Waals surface area contributed by atoms with Crippen LogP contribution in [0, 0.1) is 23.7 Å². The number of halogens is 2. The van der Waals surface area contributed by atoms with Gasteiger partial charge < -0.3 is 4.74 Å². The quantitative estimate of drug-likeness (QED) is 0.209. The van der Waals surface area contributed by atoms with E-state index in [0.29, 0.717) is 5.56 Å². The van der Waals surface area contributed by atoms with Crippen molar-refractivity contribution in [2.75, 3.05) is 13.2 Å². The van der Waals surface area contributed by atoms with Crippen LogP contribution < -0.4 is 0 Å². The highest BCUT2D eigenvalue weighted by Gasteiger charge is 2.66. The Morgan fingerprint density at radius 3 is 2.00 bits per heavy atom. The molecule has 6 atom stereocenters. The molecular weight excluding hydrogens is 566 g/mol. The van der Waals surface area contributed by atoms with Crippen LogP contribution in [0.3, 0.4) is 0 Å². The normalized spacial score (nSPS) is 29.4. The van der Waals surface area contributed by atoms with Crippen molar-refractivity contribution in [3.8, 4) is 11.1 Å². The van der Waals surface area contributed by atoms with Crippen LogP contribution in [-0.4, -0.2) is 51.3 Å². The lowest BCUT2D eigenvalue weighted by molar-refractivity contribution is -0.145. The summed E-state index contributed by atoms with van der Waals surface area (Å²) >= 11 is 7.32. The molecule has 2 aromatic carbocycles. The number of ether oxygens (including phenoxy) is 1. The topological polar surface area (TPSA) is 80.8 Å². The van der Waals surface area contributed by atoms with E-state index in [1.807, 2.05) is 42.5 Å². The lowest BCUT2D eigenvalue weighted by Crippen LogP contribution is -2.37. The molecule has 1 saturated heterocycles. The van der Waals surface area contributed by atoms with Crippen LogP contribution >= 0.6 is 31.9 Å². The van der Waals surface area contributed by atoms with Crippen LogP contribution in [0.4, 0.5) is 0 Å². The summed E-state index contributed by atoms with van der Waals surface area (Å²) < 4.78 is 5.13. The Hall–Kier alpha value is -2.32. The zero-order chi connectivity index (χ0) is 24.0. The van der Waals surface area contributed by atoms with Gasteiger partial charge in [0.2, 0.25) is 11.8 Å². The molecule has 3 fully saturated rings. The van der Waals surface area contributed by atoms with Gasteiger partial charge in [-0.25, -0.2) is 0 Å². The molecule has 0 spiro atoms. The molecule has 3 aliphatic rings. The highest BCUT2D eigenvalue weighted by atomic mass is 79.9. The highest BCUT2D eigenvalue weighted by Crippen LogP contribution is 2.60. The van der Waals surface area contributed by atoms with Gasteiger partial charge in [0.05, 0.1) is 18.3 Å². The number of Topliss-reactive ketones (excluding diaryl/α,β-unsaturated/α-hetero) is 1. The van der Waals surface area contributed by atoms with Gasteiger partial charge in [0.1, 0.15) is 0 Å². The Labute approximate surface area is 214 Å². The van der Waals surface area contributed by atoms with Crippen LogP contribution in [0.25, 0.3) is 11.1 Å². The van der Waals surface area contributed by atoms with E-state index in [9.17, 15) is 19.2 Å².